The second-order valence-corrected chi connectivity index (χ2v) is 3.01. The van der Waals surface area contributed by atoms with Crippen LogP contribution in [0.15, 0.2) is 48.7 Å². The number of fused-ring (bicyclic) bond motifs is 1. The smallest absolute Gasteiger partial charge is 0.137 e. The van der Waals surface area contributed by atoms with Crippen molar-refractivity contribution in [3.63, 3.8) is 0 Å². The summed E-state index contributed by atoms with van der Waals surface area (Å²) in [6.45, 7) is 0. The Labute approximate surface area is 76.5 Å². The van der Waals surface area contributed by atoms with E-state index in [2.05, 4.69) is 22.0 Å². The number of benzene rings is 1. The maximum atomic E-state index is 4.28. The minimum Gasteiger partial charge on any atom is -0.291 e. The normalized spacial score (nSPS) is 12.5. The van der Waals surface area contributed by atoms with Gasteiger partial charge in [-0.05, 0) is 24.3 Å². The van der Waals surface area contributed by atoms with E-state index in [4.69, 9.17) is 0 Å². The molecule has 62 valence electrons. The fourth-order valence-electron chi connectivity index (χ4n) is 1.54. The lowest BCUT2D eigenvalue weighted by molar-refractivity contribution is 1.27. The standard InChI is InChI=1S/C11H8N2/c1-2-6-10-9(5-1)13(10)11-7-3-4-8-12-11/h1-8H. The molecule has 0 fully saturated rings. The summed E-state index contributed by atoms with van der Waals surface area (Å²) in [4.78, 5) is 6.42. The highest BCUT2D eigenvalue weighted by molar-refractivity contribution is 5.99. The summed E-state index contributed by atoms with van der Waals surface area (Å²) in [5.74, 6) is 1.00. The number of anilines is 3. The molecule has 0 radical (unpaired) electrons. The Morgan fingerprint density at radius 1 is 0.846 bits per heavy atom. The molecule has 0 spiro atoms. The fourth-order valence-corrected chi connectivity index (χ4v) is 1.54. The SMILES string of the molecule is c1ccc(N2c3ccccc32)nc1. The highest BCUT2D eigenvalue weighted by Crippen LogP contribution is 2.51. The van der Waals surface area contributed by atoms with Crippen molar-refractivity contribution in [3.8, 4) is 0 Å². The van der Waals surface area contributed by atoms with Gasteiger partial charge in [0.25, 0.3) is 0 Å². The van der Waals surface area contributed by atoms with E-state index in [1.807, 2.05) is 36.5 Å². The van der Waals surface area contributed by atoms with E-state index in [0.717, 1.165) is 5.82 Å². The predicted molar refractivity (Wildman–Crippen MR) is 52.5 cm³/mol. The van der Waals surface area contributed by atoms with Crippen molar-refractivity contribution in [1.29, 1.82) is 0 Å². The summed E-state index contributed by atoms with van der Waals surface area (Å²) >= 11 is 0. The van der Waals surface area contributed by atoms with E-state index >= 15 is 0 Å². The molecule has 0 saturated carbocycles. The van der Waals surface area contributed by atoms with Gasteiger partial charge in [-0.1, -0.05) is 18.2 Å². The second-order valence-electron chi connectivity index (χ2n) is 3.01. The molecule has 0 aliphatic carbocycles. The van der Waals surface area contributed by atoms with Crippen LogP contribution in [-0.2, 0) is 0 Å². The van der Waals surface area contributed by atoms with Crippen LogP contribution in [0.1, 0.15) is 0 Å². The molecule has 2 heteroatoms. The third-order valence-corrected chi connectivity index (χ3v) is 2.19. The van der Waals surface area contributed by atoms with Crippen LogP contribution in [0.3, 0.4) is 0 Å². The van der Waals surface area contributed by atoms with Crippen molar-refractivity contribution in [3.05, 3.63) is 48.7 Å². The lowest BCUT2D eigenvalue weighted by atomic mass is 10.4. The summed E-state index contributed by atoms with van der Waals surface area (Å²) in [5, 5.41) is 0. The van der Waals surface area contributed by atoms with Gasteiger partial charge in [0.05, 0.1) is 11.4 Å². The summed E-state index contributed by atoms with van der Waals surface area (Å²) in [6, 6.07) is 14.2. The molecule has 0 unspecified atom stereocenters. The summed E-state index contributed by atoms with van der Waals surface area (Å²) in [7, 11) is 0. The van der Waals surface area contributed by atoms with Crippen LogP contribution in [0.2, 0.25) is 0 Å². The monoisotopic (exact) mass is 168 g/mol. The van der Waals surface area contributed by atoms with Gasteiger partial charge in [0, 0.05) is 6.20 Å². The van der Waals surface area contributed by atoms with Crippen molar-refractivity contribution < 1.29 is 0 Å². The van der Waals surface area contributed by atoms with Gasteiger partial charge in [-0.2, -0.15) is 0 Å². The summed E-state index contributed by atoms with van der Waals surface area (Å²) < 4.78 is 0. The topological polar surface area (TPSA) is 15.9 Å². The van der Waals surface area contributed by atoms with Crippen molar-refractivity contribution >= 4 is 17.2 Å². The molecule has 1 aliphatic heterocycles. The quantitative estimate of drug-likeness (QED) is 0.519. The zero-order chi connectivity index (χ0) is 8.67. The molecule has 2 nitrogen and oxygen atoms in total. The molecule has 2 aromatic rings. The number of aromatic nitrogens is 1. The average molecular weight is 168 g/mol. The Morgan fingerprint density at radius 3 is 2.15 bits per heavy atom. The minimum atomic E-state index is 1.00. The molecule has 1 aliphatic rings. The van der Waals surface area contributed by atoms with Crippen LogP contribution in [0.5, 0.6) is 0 Å². The molecule has 0 amide bonds. The van der Waals surface area contributed by atoms with E-state index in [1.54, 1.807) is 0 Å². The van der Waals surface area contributed by atoms with Gasteiger partial charge in [-0.3, -0.25) is 4.90 Å². The van der Waals surface area contributed by atoms with Crippen LogP contribution in [0.25, 0.3) is 0 Å². The third kappa shape index (κ3) is 0.920. The molecular weight excluding hydrogens is 160 g/mol. The molecular formula is C11H8N2. The van der Waals surface area contributed by atoms with Crippen LogP contribution < -0.4 is 4.90 Å². The van der Waals surface area contributed by atoms with Crippen molar-refractivity contribution in [2.24, 2.45) is 0 Å². The predicted octanol–water partition coefficient (Wildman–Crippen LogP) is 2.86. The Balaban J connectivity index is 2.02. The first-order valence-corrected chi connectivity index (χ1v) is 4.27. The van der Waals surface area contributed by atoms with Gasteiger partial charge in [-0.25, -0.2) is 4.98 Å². The van der Waals surface area contributed by atoms with Crippen molar-refractivity contribution in [1.82, 2.24) is 4.98 Å². The first-order chi connectivity index (χ1) is 6.47. The first kappa shape index (κ1) is 6.66. The number of rotatable bonds is 1. The Hall–Kier alpha value is -1.83. The zero-order valence-electron chi connectivity index (χ0n) is 7.01. The van der Waals surface area contributed by atoms with Crippen LogP contribution >= 0.6 is 0 Å². The number of para-hydroxylation sites is 2. The third-order valence-electron chi connectivity index (χ3n) is 2.19. The Morgan fingerprint density at radius 2 is 1.54 bits per heavy atom. The highest BCUT2D eigenvalue weighted by atomic mass is 15.3. The van der Waals surface area contributed by atoms with Crippen LogP contribution in [0.4, 0.5) is 17.2 Å². The van der Waals surface area contributed by atoms with E-state index in [0.29, 0.717) is 0 Å². The van der Waals surface area contributed by atoms with E-state index in [9.17, 15) is 0 Å². The van der Waals surface area contributed by atoms with Gasteiger partial charge in [0.1, 0.15) is 5.82 Å². The molecule has 3 rings (SSSR count). The lowest BCUT2D eigenvalue weighted by Crippen LogP contribution is -1.90. The molecule has 1 aromatic carbocycles. The zero-order valence-corrected chi connectivity index (χ0v) is 7.01. The van der Waals surface area contributed by atoms with Crippen LogP contribution in [0, 0.1) is 0 Å². The maximum absolute atomic E-state index is 4.28. The molecule has 1 aromatic heterocycles. The highest BCUT2D eigenvalue weighted by Gasteiger charge is 2.29. The number of hydrogen-bond donors (Lipinski definition) is 0. The van der Waals surface area contributed by atoms with Crippen molar-refractivity contribution in [2.45, 2.75) is 0 Å². The Kier molecular flexibility index (Phi) is 1.19. The van der Waals surface area contributed by atoms with Gasteiger partial charge in [-0.15, -0.1) is 0 Å². The average Bonchev–Trinajstić information content (AvgIpc) is 2.93. The molecule has 0 N–H and O–H groups in total. The van der Waals surface area contributed by atoms with Crippen LogP contribution in [-0.4, -0.2) is 4.98 Å². The van der Waals surface area contributed by atoms with Crippen molar-refractivity contribution in [2.75, 3.05) is 4.90 Å². The molecule has 2 heterocycles. The summed E-state index contributed by atoms with van der Waals surface area (Å²) in [6.07, 6.45) is 1.81. The molecule has 0 atom stereocenters. The number of nitrogens with zero attached hydrogens (tertiary/aromatic N) is 2. The second kappa shape index (κ2) is 2.33. The Bertz CT molecular complexity index is 414. The lowest BCUT2D eigenvalue weighted by Gasteiger charge is -1.99. The largest absolute Gasteiger partial charge is 0.291 e. The molecule has 0 saturated heterocycles. The molecule has 0 bridgehead atoms. The van der Waals surface area contributed by atoms with E-state index in [1.165, 1.54) is 11.4 Å². The number of pyridine rings is 1. The first-order valence-electron chi connectivity index (χ1n) is 4.27. The fraction of sp³-hybridized carbons (Fsp3) is 0. The maximum Gasteiger partial charge on any atom is 0.137 e. The van der Waals surface area contributed by atoms with Gasteiger partial charge < -0.3 is 0 Å². The molecule has 13 heavy (non-hydrogen) atoms. The van der Waals surface area contributed by atoms with Gasteiger partial charge in [0.2, 0.25) is 0 Å². The minimum absolute atomic E-state index is 1.00. The van der Waals surface area contributed by atoms with E-state index < -0.39 is 0 Å². The van der Waals surface area contributed by atoms with Gasteiger partial charge in [0.15, 0.2) is 0 Å². The van der Waals surface area contributed by atoms with E-state index in [-0.39, 0.29) is 0 Å². The summed E-state index contributed by atoms with van der Waals surface area (Å²) in [5.41, 5.74) is 2.53. The van der Waals surface area contributed by atoms with Gasteiger partial charge >= 0.3 is 0 Å². The number of hydrogen-bond acceptors (Lipinski definition) is 2.